The second kappa shape index (κ2) is 7.94. The van der Waals surface area contributed by atoms with Crippen molar-refractivity contribution in [3.63, 3.8) is 0 Å². The SMILES string of the molecule is Cc1cc2c(c(C(=O)NCCc3ccc(S(N)(=O)=O)cc3)c1)OCCC=C2. The fourth-order valence-electron chi connectivity index (χ4n) is 2.96. The lowest BCUT2D eigenvalue weighted by Gasteiger charge is -2.14. The number of aryl methyl sites for hydroxylation is 1. The van der Waals surface area contributed by atoms with E-state index in [4.69, 9.17) is 9.88 Å². The van der Waals surface area contributed by atoms with Crippen LogP contribution in [0.3, 0.4) is 0 Å². The molecular formula is C20H22N2O4S. The van der Waals surface area contributed by atoms with Crippen molar-refractivity contribution in [3.8, 4) is 5.75 Å². The summed E-state index contributed by atoms with van der Waals surface area (Å²) in [7, 11) is -3.69. The molecule has 2 aromatic rings. The highest BCUT2D eigenvalue weighted by Gasteiger charge is 2.17. The summed E-state index contributed by atoms with van der Waals surface area (Å²) in [6, 6.07) is 10.1. The van der Waals surface area contributed by atoms with Crippen LogP contribution in [0.2, 0.25) is 0 Å². The van der Waals surface area contributed by atoms with Crippen LogP contribution in [0.5, 0.6) is 5.75 Å². The van der Waals surface area contributed by atoms with Gasteiger partial charge in [-0.3, -0.25) is 4.79 Å². The molecule has 0 unspecified atom stereocenters. The van der Waals surface area contributed by atoms with Crippen LogP contribution in [-0.2, 0) is 16.4 Å². The minimum Gasteiger partial charge on any atom is -0.492 e. The summed E-state index contributed by atoms with van der Waals surface area (Å²) >= 11 is 0. The van der Waals surface area contributed by atoms with Gasteiger partial charge in [-0.2, -0.15) is 0 Å². The van der Waals surface area contributed by atoms with E-state index >= 15 is 0 Å². The number of rotatable bonds is 5. The Hall–Kier alpha value is -2.64. The van der Waals surface area contributed by atoms with Crippen LogP contribution in [-0.4, -0.2) is 27.5 Å². The van der Waals surface area contributed by atoms with Crippen molar-refractivity contribution in [2.45, 2.75) is 24.7 Å². The third kappa shape index (κ3) is 4.75. The maximum atomic E-state index is 12.6. The van der Waals surface area contributed by atoms with Crippen molar-refractivity contribution in [2.24, 2.45) is 5.14 Å². The zero-order chi connectivity index (χ0) is 19.4. The molecule has 2 aromatic carbocycles. The number of benzene rings is 2. The molecule has 0 spiro atoms. The van der Waals surface area contributed by atoms with E-state index in [-0.39, 0.29) is 10.8 Å². The van der Waals surface area contributed by atoms with Crippen molar-refractivity contribution in [1.29, 1.82) is 0 Å². The number of nitrogens with two attached hydrogens (primary N) is 1. The second-order valence-electron chi connectivity index (χ2n) is 6.47. The van der Waals surface area contributed by atoms with Crippen LogP contribution in [0.15, 0.2) is 47.4 Å². The Morgan fingerprint density at radius 1 is 1.22 bits per heavy atom. The van der Waals surface area contributed by atoms with Crippen molar-refractivity contribution < 1.29 is 17.9 Å². The van der Waals surface area contributed by atoms with Crippen molar-refractivity contribution in [1.82, 2.24) is 5.32 Å². The Labute approximate surface area is 159 Å². The van der Waals surface area contributed by atoms with Crippen molar-refractivity contribution >= 4 is 22.0 Å². The van der Waals surface area contributed by atoms with E-state index in [2.05, 4.69) is 5.32 Å². The summed E-state index contributed by atoms with van der Waals surface area (Å²) in [5, 5.41) is 7.99. The Morgan fingerprint density at radius 2 is 1.96 bits per heavy atom. The maximum absolute atomic E-state index is 12.6. The van der Waals surface area contributed by atoms with Crippen molar-refractivity contribution in [2.75, 3.05) is 13.2 Å². The molecule has 3 rings (SSSR count). The molecular weight excluding hydrogens is 364 g/mol. The van der Waals surface area contributed by atoms with Crippen LogP contribution >= 0.6 is 0 Å². The Bertz CT molecular complexity index is 980. The molecule has 7 heteroatoms. The molecule has 0 atom stereocenters. The van der Waals surface area contributed by atoms with E-state index < -0.39 is 10.0 Å². The van der Waals surface area contributed by atoms with Crippen LogP contribution in [0.1, 0.15) is 33.5 Å². The lowest BCUT2D eigenvalue weighted by Crippen LogP contribution is -2.26. The number of amides is 1. The monoisotopic (exact) mass is 386 g/mol. The topological polar surface area (TPSA) is 98.5 Å². The lowest BCUT2D eigenvalue weighted by molar-refractivity contribution is 0.0950. The average Bonchev–Trinajstić information content (AvgIpc) is 2.86. The number of carbonyl (C=O) groups excluding carboxylic acids is 1. The van der Waals surface area contributed by atoms with Gasteiger partial charge in [-0.05, 0) is 55.2 Å². The number of nitrogens with one attached hydrogen (secondary N) is 1. The van der Waals surface area contributed by atoms with E-state index in [1.54, 1.807) is 12.1 Å². The number of ether oxygens (including phenoxy) is 1. The van der Waals surface area contributed by atoms with Gasteiger partial charge < -0.3 is 10.1 Å². The van der Waals surface area contributed by atoms with E-state index in [0.29, 0.717) is 30.9 Å². The van der Waals surface area contributed by atoms with Gasteiger partial charge in [-0.25, -0.2) is 13.6 Å². The highest BCUT2D eigenvalue weighted by molar-refractivity contribution is 7.89. The first-order valence-corrected chi connectivity index (χ1v) is 10.2. The zero-order valence-corrected chi connectivity index (χ0v) is 15.9. The first kappa shape index (κ1) is 19.1. The normalized spacial score (nSPS) is 13.4. The molecule has 142 valence electrons. The van der Waals surface area contributed by atoms with Gasteiger partial charge in [-0.1, -0.05) is 24.3 Å². The first-order valence-electron chi connectivity index (χ1n) is 8.68. The van der Waals surface area contributed by atoms with E-state index in [9.17, 15) is 13.2 Å². The fourth-order valence-corrected chi connectivity index (χ4v) is 3.47. The van der Waals surface area contributed by atoms with Gasteiger partial charge >= 0.3 is 0 Å². The zero-order valence-electron chi connectivity index (χ0n) is 15.1. The van der Waals surface area contributed by atoms with Gasteiger partial charge in [0.2, 0.25) is 10.0 Å². The Morgan fingerprint density at radius 3 is 2.67 bits per heavy atom. The molecule has 1 aliphatic rings. The predicted octanol–water partition coefficient (Wildman–Crippen LogP) is 2.41. The van der Waals surface area contributed by atoms with E-state index in [1.807, 2.05) is 31.2 Å². The molecule has 1 amide bonds. The third-order valence-corrected chi connectivity index (χ3v) is 5.22. The number of hydrogen-bond donors (Lipinski definition) is 2. The molecule has 3 N–H and O–H groups in total. The summed E-state index contributed by atoms with van der Waals surface area (Å²) in [4.78, 5) is 12.7. The average molecular weight is 386 g/mol. The molecule has 0 saturated heterocycles. The van der Waals surface area contributed by atoms with Crippen LogP contribution < -0.4 is 15.2 Å². The van der Waals surface area contributed by atoms with Crippen LogP contribution in [0.25, 0.3) is 6.08 Å². The Balaban J connectivity index is 1.67. The summed E-state index contributed by atoms with van der Waals surface area (Å²) in [5.74, 6) is 0.427. The molecule has 1 heterocycles. The van der Waals surface area contributed by atoms with E-state index in [0.717, 1.165) is 23.1 Å². The molecule has 0 aliphatic carbocycles. The molecule has 0 aromatic heterocycles. The molecule has 0 saturated carbocycles. The third-order valence-electron chi connectivity index (χ3n) is 4.29. The van der Waals surface area contributed by atoms with Crippen molar-refractivity contribution in [3.05, 3.63) is 64.7 Å². The minimum absolute atomic E-state index is 0.0722. The molecule has 0 radical (unpaired) electrons. The molecule has 1 aliphatic heterocycles. The number of fused-ring (bicyclic) bond motifs is 1. The molecule has 6 nitrogen and oxygen atoms in total. The second-order valence-corrected chi connectivity index (χ2v) is 8.03. The highest BCUT2D eigenvalue weighted by atomic mass is 32.2. The fraction of sp³-hybridized carbons (Fsp3) is 0.250. The lowest BCUT2D eigenvalue weighted by atomic mass is 10.0. The molecule has 27 heavy (non-hydrogen) atoms. The molecule has 0 bridgehead atoms. The summed E-state index contributed by atoms with van der Waals surface area (Å²) in [6.45, 7) is 2.91. The summed E-state index contributed by atoms with van der Waals surface area (Å²) in [6.07, 6.45) is 5.41. The standard InChI is InChI=1S/C20H22N2O4S/c1-14-12-16-4-2-3-11-26-19(16)18(13-14)20(23)22-10-9-15-5-7-17(8-6-15)27(21,24)25/h2,4-8,12-13H,3,9-11H2,1H3,(H,22,23)(H2,21,24,25). The first-order chi connectivity index (χ1) is 12.8. The smallest absolute Gasteiger partial charge is 0.255 e. The number of sulfonamides is 1. The van der Waals surface area contributed by atoms with Gasteiger partial charge in [0.15, 0.2) is 0 Å². The Kier molecular flexibility index (Phi) is 5.62. The molecule has 0 fully saturated rings. The maximum Gasteiger partial charge on any atom is 0.255 e. The number of primary sulfonamides is 1. The summed E-state index contributed by atoms with van der Waals surface area (Å²) in [5.41, 5.74) is 3.34. The number of hydrogen-bond acceptors (Lipinski definition) is 4. The minimum atomic E-state index is -3.69. The number of carbonyl (C=O) groups is 1. The van der Waals surface area contributed by atoms with E-state index in [1.165, 1.54) is 12.1 Å². The van der Waals surface area contributed by atoms with Gasteiger partial charge in [-0.15, -0.1) is 0 Å². The van der Waals surface area contributed by atoms with Gasteiger partial charge in [0.1, 0.15) is 5.75 Å². The van der Waals surface area contributed by atoms with Crippen LogP contribution in [0.4, 0.5) is 0 Å². The quantitative estimate of drug-likeness (QED) is 0.824. The van der Waals surface area contributed by atoms with Gasteiger partial charge in [0.25, 0.3) is 5.91 Å². The highest BCUT2D eigenvalue weighted by Crippen LogP contribution is 2.29. The van der Waals surface area contributed by atoms with Crippen LogP contribution in [0, 0.1) is 6.92 Å². The predicted molar refractivity (Wildman–Crippen MR) is 104 cm³/mol. The summed E-state index contributed by atoms with van der Waals surface area (Å²) < 4.78 is 28.3. The van der Waals surface area contributed by atoms with Gasteiger partial charge in [0, 0.05) is 12.1 Å². The van der Waals surface area contributed by atoms with Gasteiger partial charge in [0.05, 0.1) is 17.1 Å². The largest absolute Gasteiger partial charge is 0.492 e.